The van der Waals surface area contributed by atoms with Crippen LogP contribution in [0.25, 0.3) is 0 Å². The second-order valence-corrected chi connectivity index (χ2v) is 4.02. The Kier molecular flexibility index (Phi) is 1.46. The first-order valence-electron chi connectivity index (χ1n) is 4.22. The molecule has 5 heteroatoms. The van der Waals surface area contributed by atoms with Gasteiger partial charge in [0.05, 0.1) is 5.92 Å². The van der Waals surface area contributed by atoms with E-state index in [4.69, 9.17) is 15.9 Å². The van der Waals surface area contributed by atoms with E-state index in [1.54, 1.807) is 0 Å². The molecule has 0 amide bonds. The van der Waals surface area contributed by atoms with Gasteiger partial charge in [-0.2, -0.15) is 0 Å². The van der Waals surface area contributed by atoms with Gasteiger partial charge in [-0.15, -0.1) is 0 Å². The van der Waals surface area contributed by atoms with Gasteiger partial charge in [-0.1, -0.05) is 0 Å². The van der Waals surface area contributed by atoms with Gasteiger partial charge in [0.15, 0.2) is 0 Å². The number of nitrogens with two attached hydrogens (primary N) is 1. The van der Waals surface area contributed by atoms with Gasteiger partial charge in [0, 0.05) is 5.92 Å². The molecule has 0 aliphatic heterocycles. The van der Waals surface area contributed by atoms with Crippen LogP contribution in [-0.2, 0) is 9.59 Å². The summed E-state index contributed by atoms with van der Waals surface area (Å²) in [6.07, 6.45) is 0.962. The van der Waals surface area contributed by atoms with Gasteiger partial charge in [0.25, 0.3) is 0 Å². The second kappa shape index (κ2) is 2.23. The number of carbonyl (C=O) groups is 2. The minimum absolute atomic E-state index is 0.0244. The van der Waals surface area contributed by atoms with E-state index in [9.17, 15) is 9.59 Å². The Morgan fingerprint density at radius 1 is 1.38 bits per heavy atom. The SMILES string of the molecule is N[C@]1(C(=O)O)C[C@@H]2C[C@H]1[C@H]2C(=O)O. The molecule has 4 N–H and O–H groups in total. The maximum Gasteiger partial charge on any atom is 0.324 e. The molecule has 3 aliphatic rings. The highest BCUT2D eigenvalue weighted by atomic mass is 16.4. The molecule has 5 nitrogen and oxygen atoms in total. The molecule has 3 saturated carbocycles. The minimum Gasteiger partial charge on any atom is -0.481 e. The molecule has 4 atom stereocenters. The van der Waals surface area contributed by atoms with Crippen molar-refractivity contribution in [3.8, 4) is 0 Å². The number of carboxylic acids is 2. The van der Waals surface area contributed by atoms with Crippen molar-refractivity contribution in [2.75, 3.05) is 0 Å². The third kappa shape index (κ3) is 0.848. The monoisotopic (exact) mass is 185 g/mol. The van der Waals surface area contributed by atoms with Crippen molar-refractivity contribution >= 4 is 11.9 Å². The second-order valence-electron chi connectivity index (χ2n) is 4.02. The summed E-state index contributed by atoms with van der Waals surface area (Å²) in [4.78, 5) is 21.5. The minimum atomic E-state index is -1.28. The molecule has 13 heavy (non-hydrogen) atoms. The quantitative estimate of drug-likeness (QED) is 0.539. The summed E-state index contributed by atoms with van der Waals surface area (Å²) in [5.41, 5.74) is 4.37. The van der Waals surface area contributed by atoms with E-state index in [0.29, 0.717) is 12.8 Å². The van der Waals surface area contributed by atoms with Crippen molar-refractivity contribution in [1.29, 1.82) is 0 Å². The number of aliphatic carboxylic acids is 2. The summed E-state index contributed by atoms with van der Waals surface area (Å²) in [7, 11) is 0. The smallest absolute Gasteiger partial charge is 0.324 e. The number of rotatable bonds is 2. The van der Waals surface area contributed by atoms with Crippen molar-refractivity contribution in [3.05, 3.63) is 0 Å². The van der Waals surface area contributed by atoms with Gasteiger partial charge in [0.2, 0.25) is 0 Å². The van der Waals surface area contributed by atoms with Crippen molar-refractivity contribution in [1.82, 2.24) is 0 Å². The average Bonchev–Trinajstić information content (AvgIpc) is 2.38. The van der Waals surface area contributed by atoms with E-state index < -0.39 is 23.4 Å². The van der Waals surface area contributed by atoms with Gasteiger partial charge in [-0.3, -0.25) is 9.59 Å². The highest BCUT2D eigenvalue weighted by Gasteiger charge is 2.66. The summed E-state index contributed by atoms with van der Waals surface area (Å²) in [6.45, 7) is 0. The molecule has 0 heterocycles. The fraction of sp³-hybridized carbons (Fsp3) is 0.750. The summed E-state index contributed by atoms with van der Waals surface area (Å²) in [5, 5.41) is 17.6. The predicted molar refractivity (Wildman–Crippen MR) is 41.9 cm³/mol. The van der Waals surface area contributed by atoms with Crippen molar-refractivity contribution < 1.29 is 19.8 Å². The molecule has 3 rings (SSSR count). The van der Waals surface area contributed by atoms with Gasteiger partial charge in [0.1, 0.15) is 5.54 Å². The number of hydrogen-bond donors (Lipinski definition) is 3. The molecule has 0 unspecified atom stereocenters. The molecule has 0 aromatic rings. The summed E-state index contributed by atoms with van der Waals surface area (Å²) >= 11 is 0. The number of fused-ring (bicyclic) bond motifs is 1. The predicted octanol–water partition coefficient (Wildman–Crippen LogP) is -0.491. The Labute approximate surface area is 74.5 Å². The van der Waals surface area contributed by atoms with Crippen LogP contribution in [0.4, 0.5) is 0 Å². The fourth-order valence-corrected chi connectivity index (χ4v) is 2.70. The zero-order chi connectivity index (χ0) is 9.80. The van der Waals surface area contributed by atoms with Crippen molar-refractivity contribution in [2.45, 2.75) is 18.4 Å². The van der Waals surface area contributed by atoms with Crippen LogP contribution in [0.1, 0.15) is 12.8 Å². The van der Waals surface area contributed by atoms with E-state index in [1.165, 1.54) is 0 Å². The highest BCUT2D eigenvalue weighted by molar-refractivity contribution is 5.84. The van der Waals surface area contributed by atoms with Crippen LogP contribution in [0.3, 0.4) is 0 Å². The Balaban J connectivity index is 2.24. The Bertz CT molecular complexity index is 290. The third-order valence-electron chi connectivity index (χ3n) is 3.44. The highest BCUT2D eigenvalue weighted by Crippen LogP contribution is 2.58. The Morgan fingerprint density at radius 3 is 2.31 bits per heavy atom. The van der Waals surface area contributed by atoms with E-state index >= 15 is 0 Å². The topological polar surface area (TPSA) is 101 Å². The summed E-state index contributed by atoms with van der Waals surface area (Å²) < 4.78 is 0. The molecule has 0 spiro atoms. The van der Waals surface area contributed by atoms with Crippen LogP contribution in [-0.4, -0.2) is 27.7 Å². The lowest BCUT2D eigenvalue weighted by atomic mass is 9.69. The van der Waals surface area contributed by atoms with Gasteiger partial charge >= 0.3 is 11.9 Å². The number of carboxylic acid groups (broad SMARTS) is 2. The largest absolute Gasteiger partial charge is 0.481 e. The van der Waals surface area contributed by atoms with E-state index in [0.717, 1.165) is 0 Å². The van der Waals surface area contributed by atoms with Crippen LogP contribution in [0, 0.1) is 17.8 Å². The van der Waals surface area contributed by atoms with Crippen LogP contribution in [0.2, 0.25) is 0 Å². The van der Waals surface area contributed by atoms with Crippen molar-refractivity contribution in [2.24, 2.45) is 23.5 Å². The molecule has 0 aromatic carbocycles. The normalized spacial score (nSPS) is 47.0. The average molecular weight is 185 g/mol. The Morgan fingerprint density at radius 2 is 2.00 bits per heavy atom. The maximum atomic E-state index is 10.8. The van der Waals surface area contributed by atoms with E-state index in [1.807, 2.05) is 0 Å². The first-order valence-corrected chi connectivity index (χ1v) is 4.22. The molecular formula is C8H11NO4. The number of hydrogen-bond acceptors (Lipinski definition) is 3. The standard InChI is InChI=1S/C8H11NO4/c9-8(7(12)13)2-3-1-4(8)5(3)6(10)11/h3-5H,1-2,9H2,(H,10,11)(H,12,13)/t3-,4-,5-,8+/m0/s1. The molecule has 72 valence electrons. The van der Waals surface area contributed by atoms with E-state index in [2.05, 4.69) is 0 Å². The zero-order valence-electron chi connectivity index (χ0n) is 6.93. The van der Waals surface area contributed by atoms with Crippen molar-refractivity contribution in [3.63, 3.8) is 0 Å². The molecule has 2 bridgehead atoms. The molecule has 3 fully saturated rings. The van der Waals surface area contributed by atoms with Gasteiger partial charge in [-0.05, 0) is 18.8 Å². The lowest BCUT2D eigenvalue weighted by Gasteiger charge is -2.35. The zero-order valence-corrected chi connectivity index (χ0v) is 6.93. The van der Waals surface area contributed by atoms with Gasteiger partial charge < -0.3 is 15.9 Å². The first-order chi connectivity index (χ1) is 5.97. The van der Waals surface area contributed by atoms with Crippen LogP contribution >= 0.6 is 0 Å². The maximum absolute atomic E-state index is 10.8. The third-order valence-corrected chi connectivity index (χ3v) is 3.44. The molecule has 0 saturated heterocycles. The van der Waals surface area contributed by atoms with Gasteiger partial charge in [-0.25, -0.2) is 0 Å². The summed E-state index contributed by atoms with van der Waals surface area (Å²) in [6, 6.07) is 0. The molecule has 0 aromatic heterocycles. The molecular weight excluding hydrogens is 174 g/mol. The van der Waals surface area contributed by atoms with E-state index in [-0.39, 0.29) is 11.8 Å². The fourth-order valence-electron chi connectivity index (χ4n) is 2.70. The lowest BCUT2D eigenvalue weighted by molar-refractivity contribution is -0.152. The first kappa shape index (κ1) is 8.50. The van der Waals surface area contributed by atoms with Crippen LogP contribution in [0.15, 0.2) is 0 Å². The molecule has 3 aliphatic carbocycles. The Hall–Kier alpha value is -1.10. The van der Waals surface area contributed by atoms with Crippen LogP contribution < -0.4 is 5.73 Å². The molecule has 0 radical (unpaired) electrons. The van der Waals surface area contributed by atoms with Crippen LogP contribution in [0.5, 0.6) is 0 Å². The lowest BCUT2D eigenvalue weighted by Crippen LogP contribution is -2.53. The summed E-state index contributed by atoms with van der Waals surface area (Å²) in [5.74, 6) is -2.89.